The van der Waals surface area contributed by atoms with Gasteiger partial charge in [0.25, 0.3) is 0 Å². The number of aromatic nitrogens is 2. The predicted molar refractivity (Wildman–Crippen MR) is 73.9 cm³/mol. The van der Waals surface area contributed by atoms with Crippen molar-refractivity contribution < 1.29 is 4.79 Å². The summed E-state index contributed by atoms with van der Waals surface area (Å²) in [6.07, 6.45) is 4.32. The minimum atomic E-state index is 0.211. The summed E-state index contributed by atoms with van der Waals surface area (Å²) >= 11 is 0. The van der Waals surface area contributed by atoms with E-state index in [2.05, 4.69) is 11.2 Å². The minimum absolute atomic E-state index is 0.211. The first-order valence-corrected chi connectivity index (χ1v) is 6.57. The van der Waals surface area contributed by atoms with Gasteiger partial charge in [-0.25, -0.2) is 0 Å². The summed E-state index contributed by atoms with van der Waals surface area (Å²) in [5.74, 6) is 0.552. The third-order valence-electron chi connectivity index (χ3n) is 3.52. The molecule has 2 aromatic rings. The number of amides is 1. The van der Waals surface area contributed by atoms with Crippen molar-refractivity contribution in [3.8, 4) is 0 Å². The van der Waals surface area contributed by atoms with E-state index in [-0.39, 0.29) is 5.91 Å². The van der Waals surface area contributed by atoms with Crippen LogP contribution in [-0.4, -0.2) is 22.2 Å². The van der Waals surface area contributed by atoms with Gasteiger partial charge in [0.2, 0.25) is 5.91 Å². The third-order valence-corrected chi connectivity index (χ3v) is 3.52. The molecular weight excluding hydrogens is 238 g/mol. The number of nitrogens with zero attached hydrogens (tertiary/aromatic N) is 3. The van der Waals surface area contributed by atoms with Gasteiger partial charge in [-0.2, -0.15) is 5.10 Å². The molecule has 0 bridgehead atoms. The lowest BCUT2D eigenvalue weighted by Gasteiger charge is -2.17. The van der Waals surface area contributed by atoms with E-state index in [0.717, 1.165) is 18.8 Å². The summed E-state index contributed by atoms with van der Waals surface area (Å²) in [4.78, 5) is 14.0. The van der Waals surface area contributed by atoms with Crippen molar-refractivity contribution in [1.82, 2.24) is 9.78 Å². The molecule has 1 aromatic carbocycles. The molecule has 0 N–H and O–H groups in total. The molecule has 1 atom stereocenters. The van der Waals surface area contributed by atoms with Crippen LogP contribution >= 0.6 is 0 Å². The molecule has 0 spiro atoms. The van der Waals surface area contributed by atoms with Crippen LogP contribution in [0, 0.1) is 12.8 Å². The van der Waals surface area contributed by atoms with Gasteiger partial charge >= 0.3 is 0 Å². The van der Waals surface area contributed by atoms with E-state index >= 15 is 0 Å². The molecule has 2 heterocycles. The van der Waals surface area contributed by atoms with Crippen LogP contribution in [0.15, 0.2) is 42.7 Å². The zero-order valence-electron chi connectivity index (χ0n) is 11.0. The average Bonchev–Trinajstić information content (AvgIpc) is 3.00. The summed E-state index contributed by atoms with van der Waals surface area (Å²) in [7, 11) is 0. The molecule has 1 aromatic heterocycles. The van der Waals surface area contributed by atoms with Crippen LogP contribution in [0.25, 0.3) is 0 Å². The van der Waals surface area contributed by atoms with Gasteiger partial charge in [0.05, 0.1) is 0 Å². The molecule has 3 rings (SSSR count). The Morgan fingerprint density at radius 1 is 1.37 bits per heavy atom. The Morgan fingerprint density at radius 2 is 2.26 bits per heavy atom. The van der Waals surface area contributed by atoms with E-state index < -0.39 is 0 Å². The number of anilines is 1. The second-order valence-electron chi connectivity index (χ2n) is 5.14. The van der Waals surface area contributed by atoms with Crippen LogP contribution < -0.4 is 4.90 Å². The molecule has 4 heteroatoms. The Hall–Kier alpha value is -2.10. The second kappa shape index (κ2) is 4.88. The van der Waals surface area contributed by atoms with Crippen LogP contribution in [0.3, 0.4) is 0 Å². The van der Waals surface area contributed by atoms with Gasteiger partial charge in [-0.05, 0) is 30.7 Å². The topological polar surface area (TPSA) is 38.1 Å². The summed E-state index contributed by atoms with van der Waals surface area (Å²) in [6, 6.07) is 10.0. The maximum absolute atomic E-state index is 12.1. The molecular formula is C15H17N3O. The quantitative estimate of drug-likeness (QED) is 0.843. The molecule has 19 heavy (non-hydrogen) atoms. The van der Waals surface area contributed by atoms with Crippen LogP contribution in [0.2, 0.25) is 0 Å². The van der Waals surface area contributed by atoms with Crippen molar-refractivity contribution in [1.29, 1.82) is 0 Å². The number of carbonyl (C=O) groups excluding carboxylic acids is 1. The van der Waals surface area contributed by atoms with Gasteiger partial charge in [0.1, 0.15) is 0 Å². The molecule has 1 unspecified atom stereocenters. The molecule has 0 saturated carbocycles. The highest BCUT2D eigenvalue weighted by molar-refractivity contribution is 5.95. The van der Waals surface area contributed by atoms with Crippen LogP contribution in [0.5, 0.6) is 0 Å². The van der Waals surface area contributed by atoms with E-state index in [1.807, 2.05) is 47.0 Å². The number of hydrogen-bond donors (Lipinski definition) is 0. The maximum atomic E-state index is 12.1. The lowest BCUT2D eigenvalue weighted by Crippen LogP contribution is -2.25. The van der Waals surface area contributed by atoms with E-state index in [0.29, 0.717) is 12.3 Å². The summed E-state index contributed by atoms with van der Waals surface area (Å²) in [5, 5.41) is 4.20. The standard InChI is InChI=1S/C15H17N3O/c1-12-4-2-5-14(8-12)18-11-13(9-15(18)19)10-17-7-3-6-16-17/h2-8,13H,9-11H2,1H3. The molecule has 4 nitrogen and oxygen atoms in total. The number of rotatable bonds is 3. The van der Waals surface area contributed by atoms with Gasteiger partial charge in [-0.3, -0.25) is 9.48 Å². The van der Waals surface area contributed by atoms with Crippen molar-refractivity contribution in [2.75, 3.05) is 11.4 Å². The highest BCUT2D eigenvalue weighted by Gasteiger charge is 2.30. The smallest absolute Gasteiger partial charge is 0.227 e. The SMILES string of the molecule is Cc1cccc(N2CC(Cn3cccn3)CC2=O)c1. The molecule has 0 aliphatic carbocycles. The van der Waals surface area contributed by atoms with Gasteiger partial charge in [0.15, 0.2) is 0 Å². The fraction of sp³-hybridized carbons (Fsp3) is 0.333. The zero-order valence-corrected chi connectivity index (χ0v) is 11.0. The van der Waals surface area contributed by atoms with Crippen LogP contribution in [0.1, 0.15) is 12.0 Å². The Morgan fingerprint density at radius 3 is 3.00 bits per heavy atom. The van der Waals surface area contributed by atoms with E-state index in [1.54, 1.807) is 6.20 Å². The van der Waals surface area contributed by atoms with E-state index in [1.165, 1.54) is 5.56 Å². The summed E-state index contributed by atoms with van der Waals surface area (Å²) in [5.41, 5.74) is 2.19. The highest BCUT2D eigenvalue weighted by Crippen LogP contribution is 2.26. The van der Waals surface area contributed by atoms with Crippen molar-refractivity contribution in [3.05, 3.63) is 48.3 Å². The molecule has 1 saturated heterocycles. The molecule has 1 fully saturated rings. The number of benzene rings is 1. The van der Waals surface area contributed by atoms with Crippen molar-refractivity contribution in [3.63, 3.8) is 0 Å². The molecule has 98 valence electrons. The lowest BCUT2D eigenvalue weighted by molar-refractivity contribution is -0.117. The number of aryl methyl sites for hydroxylation is 1. The largest absolute Gasteiger partial charge is 0.312 e. The fourth-order valence-corrected chi connectivity index (χ4v) is 2.62. The van der Waals surface area contributed by atoms with E-state index in [9.17, 15) is 4.79 Å². The highest BCUT2D eigenvalue weighted by atomic mass is 16.2. The Balaban J connectivity index is 1.73. The summed E-state index contributed by atoms with van der Waals surface area (Å²) < 4.78 is 1.90. The first kappa shape index (κ1) is 12.0. The molecule has 1 amide bonds. The molecule has 0 radical (unpaired) electrons. The average molecular weight is 255 g/mol. The Labute approximate surface area is 112 Å². The third kappa shape index (κ3) is 2.52. The summed E-state index contributed by atoms with van der Waals surface area (Å²) in [6.45, 7) is 3.63. The van der Waals surface area contributed by atoms with Gasteiger partial charge < -0.3 is 4.90 Å². The first-order chi connectivity index (χ1) is 9.22. The monoisotopic (exact) mass is 255 g/mol. The van der Waals surface area contributed by atoms with Gasteiger partial charge in [-0.1, -0.05) is 12.1 Å². The maximum Gasteiger partial charge on any atom is 0.227 e. The van der Waals surface area contributed by atoms with Crippen LogP contribution in [-0.2, 0) is 11.3 Å². The molecule has 1 aliphatic heterocycles. The lowest BCUT2D eigenvalue weighted by atomic mass is 10.1. The second-order valence-corrected chi connectivity index (χ2v) is 5.14. The zero-order chi connectivity index (χ0) is 13.2. The van der Waals surface area contributed by atoms with Gasteiger partial charge in [0, 0.05) is 43.5 Å². The predicted octanol–water partition coefficient (Wildman–Crippen LogP) is 2.24. The Kier molecular flexibility index (Phi) is 3.07. The van der Waals surface area contributed by atoms with Crippen molar-refractivity contribution in [2.45, 2.75) is 19.9 Å². The first-order valence-electron chi connectivity index (χ1n) is 6.57. The van der Waals surface area contributed by atoms with Gasteiger partial charge in [-0.15, -0.1) is 0 Å². The van der Waals surface area contributed by atoms with E-state index in [4.69, 9.17) is 0 Å². The Bertz CT molecular complexity index is 577. The number of carbonyl (C=O) groups is 1. The molecule has 1 aliphatic rings. The van der Waals surface area contributed by atoms with Crippen molar-refractivity contribution in [2.24, 2.45) is 5.92 Å². The normalized spacial score (nSPS) is 19.1. The van der Waals surface area contributed by atoms with Crippen LogP contribution in [0.4, 0.5) is 5.69 Å². The number of hydrogen-bond acceptors (Lipinski definition) is 2. The minimum Gasteiger partial charge on any atom is -0.312 e. The van der Waals surface area contributed by atoms with Crippen molar-refractivity contribution >= 4 is 11.6 Å². The fourth-order valence-electron chi connectivity index (χ4n) is 2.62.